The van der Waals surface area contributed by atoms with Gasteiger partial charge in [-0.3, -0.25) is 9.98 Å². The molecule has 10 heteroatoms. The first-order valence-electron chi connectivity index (χ1n) is 15.7. The van der Waals surface area contributed by atoms with Crippen molar-refractivity contribution in [2.75, 3.05) is 0 Å². The lowest BCUT2D eigenvalue weighted by atomic mass is 10.1. The van der Waals surface area contributed by atoms with Crippen LogP contribution in [-0.4, -0.2) is 20.9 Å². The van der Waals surface area contributed by atoms with Crippen LogP contribution in [0.5, 0.6) is 23.0 Å². The maximum absolute atomic E-state index is 12.7. The Balaban J connectivity index is 1.05. The summed E-state index contributed by atoms with van der Waals surface area (Å²) in [5, 5.41) is 25.5. The molecule has 0 N–H and O–H groups in total. The number of benzene rings is 4. The van der Waals surface area contributed by atoms with Gasteiger partial charge in [0.05, 0.1) is 50.4 Å². The minimum atomic E-state index is -0.295. The second-order valence-corrected chi connectivity index (χ2v) is 11.1. The van der Waals surface area contributed by atoms with Gasteiger partial charge in [0.2, 0.25) is 0 Å². The molecule has 6 aromatic rings. The quantitative estimate of drug-likeness (QED) is 0.112. The molecule has 6 rings (SSSR count). The van der Waals surface area contributed by atoms with Crippen LogP contribution in [0.15, 0.2) is 132 Å². The molecule has 0 saturated heterocycles. The number of hydrogen-bond donors (Lipinski definition) is 0. The molecule has 0 spiro atoms. The number of hydrogen-bond acceptors (Lipinski definition) is 6. The predicted octanol–water partition coefficient (Wildman–Crippen LogP) is 5.11. The predicted molar refractivity (Wildman–Crippen MR) is 180 cm³/mol. The van der Waals surface area contributed by atoms with Crippen molar-refractivity contribution in [3.63, 3.8) is 0 Å². The SMILES string of the molecule is CCn1cc[n+](C)c1C([O-])=Nc1ccc(Oc2ccc(-c3ccc(Oc4ccc(N=C([O-])c5n(CC)cc[n+]5C)cc4)cc3)cc2)cc1. The van der Waals surface area contributed by atoms with E-state index in [9.17, 15) is 10.2 Å². The third kappa shape index (κ3) is 7.13. The Bertz CT molecular complexity index is 1910. The number of aromatic nitrogens is 4. The molecule has 242 valence electrons. The summed E-state index contributed by atoms with van der Waals surface area (Å²) in [6.07, 6.45) is 7.43. The van der Waals surface area contributed by atoms with Crippen LogP contribution < -0.4 is 28.8 Å². The molecule has 0 fully saturated rings. The average Bonchev–Trinajstić information content (AvgIpc) is 3.68. The minimum absolute atomic E-state index is 0.295. The highest BCUT2D eigenvalue weighted by Gasteiger charge is 2.14. The van der Waals surface area contributed by atoms with Crippen molar-refractivity contribution in [3.05, 3.63) is 133 Å². The Hall–Kier alpha value is -6.16. The summed E-state index contributed by atoms with van der Waals surface area (Å²) in [7, 11) is 3.67. The number of nitrogens with zero attached hydrogens (tertiary/aromatic N) is 6. The van der Waals surface area contributed by atoms with E-state index in [4.69, 9.17) is 9.47 Å². The average molecular weight is 641 g/mol. The Kier molecular flexibility index (Phi) is 9.33. The van der Waals surface area contributed by atoms with Crippen molar-refractivity contribution >= 4 is 23.2 Å². The van der Waals surface area contributed by atoms with E-state index in [-0.39, 0.29) is 11.8 Å². The number of aryl methyl sites for hydroxylation is 4. The summed E-state index contributed by atoms with van der Waals surface area (Å²) in [5.41, 5.74) is 3.19. The van der Waals surface area contributed by atoms with Crippen LogP contribution in [0, 0.1) is 0 Å². The van der Waals surface area contributed by atoms with Gasteiger partial charge in [-0.05, 0) is 97.8 Å². The molecular formula is C38H36N6O4. The van der Waals surface area contributed by atoms with E-state index in [1.165, 1.54) is 0 Å². The van der Waals surface area contributed by atoms with Crippen LogP contribution in [-0.2, 0) is 27.2 Å². The van der Waals surface area contributed by atoms with Crippen molar-refractivity contribution in [1.82, 2.24) is 9.13 Å². The summed E-state index contributed by atoms with van der Waals surface area (Å²) in [6.45, 7) is 5.36. The Morgan fingerprint density at radius 3 is 1.17 bits per heavy atom. The first-order chi connectivity index (χ1) is 23.3. The van der Waals surface area contributed by atoms with Gasteiger partial charge in [-0.15, -0.1) is 0 Å². The van der Waals surface area contributed by atoms with Crippen molar-refractivity contribution in [1.29, 1.82) is 0 Å². The lowest BCUT2D eigenvalue weighted by molar-refractivity contribution is -0.674. The lowest BCUT2D eigenvalue weighted by Gasteiger charge is -2.10. The van der Waals surface area contributed by atoms with Crippen LogP contribution in [0.1, 0.15) is 25.5 Å². The Labute approximate surface area is 279 Å². The fourth-order valence-corrected chi connectivity index (χ4v) is 5.32. The van der Waals surface area contributed by atoms with Crippen LogP contribution in [0.3, 0.4) is 0 Å². The fourth-order valence-electron chi connectivity index (χ4n) is 5.32. The van der Waals surface area contributed by atoms with E-state index in [0.29, 0.717) is 59.1 Å². The molecule has 0 saturated carbocycles. The van der Waals surface area contributed by atoms with Crippen molar-refractivity contribution < 1.29 is 28.8 Å². The summed E-state index contributed by atoms with van der Waals surface area (Å²) < 4.78 is 19.3. The van der Waals surface area contributed by atoms with Crippen molar-refractivity contribution in [2.24, 2.45) is 24.1 Å². The molecule has 48 heavy (non-hydrogen) atoms. The molecule has 0 radical (unpaired) electrons. The Morgan fingerprint density at radius 1 is 0.542 bits per heavy atom. The number of ether oxygens (including phenoxy) is 2. The van der Waals surface area contributed by atoms with E-state index in [0.717, 1.165) is 11.1 Å². The molecule has 2 aromatic heterocycles. The highest BCUT2D eigenvalue weighted by molar-refractivity contribution is 5.88. The van der Waals surface area contributed by atoms with Gasteiger partial charge in [0.25, 0.3) is 11.6 Å². The third-order valence-electron chi connectivity index (χ3n) is 7.86. The van der Waals surface area contributed by atoms with E-state index >= 15 is 0 Å². The summed E-state index contributed by atoms with van der Waals surface area (Å²) in [5.74, 6) is 3.14. The molecule has 0 amide bonds. The van der Waals surface area contributed by atoms with Gasteiger partial charge in [-0.1, -0.05) is 24.3 Å². The first-order valence-corrected chi connectivity index (χ1v) is 15.7. The van der Waals surface area contributed by atoms with Crippen molar-refractivity contribution in [3.8, 4) is 34.1 Å². The summed E-state index contributed by atoms with van der Waals surface area (Å²) >= 11 is 0. The summed E-state index contributed by atoms with van der Waals surface area (Å²) in [4.78, 5) is 8.52. The van der Waals surface area contributed by atoms with E-state index in [1.54, 1.807) is 57.7 Å². The van der Waals surface area contributed by atoms with Gasteiger partial charge in [-0.25, -0.2) is 18.3 Å². The second kappa shape index (κ2) is 14.1. The normalized spacial score (nSPS) is 11.9. The first kappa shape index (κ1) is 31.8. The van der Waals surface area contributed by atoms with Gasteiger partial charge >= 0.3 is 0 Å². The molecule has 4 aromatic carbocycles. The van der Waals surface area contributed by atoms with Gasteiger partial charge in [0.15, 0.2) is 0 Å². The number of rotatable bonds is 11. The van der Waals surface area contributed by atoms with Crippen LogP contribution in [0.4, 0.5) is 11.4 Å². The zero-order chi connectivity index (χ0) is 33.6. The summed E-state index contributed by atoms with van der Waals surface area (Å²) in [6, 6.07) is 29.9. The topological polar surface area (TPSA) is 107 Å². The standard InChI is InChI=1S/C38H36N6O4/c1-5-43-25-23-41(3)37(43)35(45)39-29-11-19-33(20-12-29)47-31-15-7-27(8-16-31)28-9-17-32(18-10-28)48-34-21-13-30(14-22-34)40-36(46)38-42(4)24-26-44(38)6-2/h7-26H,5-6H2,1-4H3. The Morgan fingerprint density at radius 2 is 0.854 bits per heavy atom. The lowest BCUT2D eigenvalue weighted by Crippen LogP contribution is -2.40. The zero-order valence-corrected chi connectivity index (χ0v) is 27.3. The molecule has 0 atom stereocenters. The maximum Gasteiger partial charge on any atom is 0.292 e. The molecule has 0 aliphatic rings. The van der Waals surface area contributed by atoms with Gasteiger partial charge < -0.3 is 19.7 Å². The smallest absolute Gasteiger partial charge is 0.292 e. The highest BCUT2D eigenvalue weighted by atomic mass is 16.5. The van der Waals surface area contributed by atoms with Crippen molar-refractivity contribution in [2.45, 2.75) is 26.9 Å². The van der Waals surface area contributed by atoms with E-state index in [1.807, 2.05) is 110 Å². The molecule has 0 aliphatic heterocycles. The molecule has 0 bridgehead atoms. The van der Waals surface area contributed by atoms with E-state index in [2.05, 4.69) is 9.98 Å². The molecule has 2 heterocycles. The number of imidazole rings is 2. The molecule has 0 unspecified atom stereocenters. The monoisotopic (exact) mass is 640 g/mol. The third-order valence-corrected chi connectivity index (χ3v) is 7.86. The highest BCUT2D eigenvalue weighted by Crippen LogP contribution is 2.30. The van der Waals surface area contributed by atoms with Gasteiger partial charge in [-0.2, -0.15) is 0 Å². The van der Waals surface area contributed by atoms with Crippen LogP contribution in [0.2, 0.25) is 0 Å². The van der Waals surface area contributed by atoms with Gasteiger partial charge in [0, 0.05) is 0 Å². The van der Waals surface area contributed by atoms with E-state index < -0.39 is 0 Å². The minimum Gasteiger partial charge on any atom is -0.853 e. The number of aliphatic imine (C=N–C) groups is 2. The van der Waals surface area contributed by atoms with Crippen LogP contribution in [0.25, 0.3) is 11.1 Å². The largest absolute Gasteiger partial charge is 0.853 e. The van der Waals surface area contributed by atoms with Crippen LogP contribution >= 0.6 is 0 Å². The fraction of sp³-hybridized carbons (Fsp3) is 0.158. The molecule has 10 nitrogen and oxygen atoms in total. The zero-order valence-electron chi connectivity index (χ0n) is 27.3. The second-order valence-electron chi connectivity index (χ2n) is 11.1. The maximum atomic E-state index is 12.7. The molecular weight excluding hydrogens is 604 g/mol. The van der Waals surface area contributed by atoms with Gasteiger partial charge in [0.1, 0.15) is 47.8 Å². The molecule has 0 aliphatic carbocycles.